The Hall–Kier alpha value is -2.33. The Kier molecular flexibility index (Phi) is 5.71. The fourth-order valence-electron chi connectivity index (χ4n) is 3.38. The van der Waals surface area contributed by atoms with Crippen molar-refractivity contribution < 1.29 is 9.53 Å². The van der Waals surface area contributed by atoms with E-state index in [1.165, 1.54) is 5.56 Å². The predicted molar refractivity (Wildman–Crippen MR) is 99.7 cm³/mol. The lowest BCUT2D eigenvalue weighted by molar-refractivity contribution is -0.125. The van der Waals surface area contributed by atoms with E-state index < -0.39 is 0 Å². The molecule has 132 valence electrons. The van der Waals surface area contributed by atoms with Gasteiger partial charge in [-0.05, 0) is 49.1 Å². The van der Waals surface area contributed by atoms with Crippen molar-refractivity contribution in [3.8, 4) is 5.75 Å². The molecule has 0 aliphatic carbocycles. The molecule has 1 N–H and O–H groups in total. The van der Waals surface area contributed by atoms with E-state index in [1.54, 1.807) is 7.11 Å². The number of likely N-dealkylation sites (tertiary alicyclic amines) is 1. The van der Waals surface area contributed by atoms with Gasteiger partial charge in [0.05, 0.1) is 13.2 Å². The standard InChI is InChI=1S/C21H26N2O2/c1-16(21(24)22-14-17-8-10-20(25-2)11-9-17)23-13-12-19(15-23)18-6-4-3-5-7-18/h3-11,16,19H,12-15H2,1-2H3,(H,22,24)/t16-,19-/m1/s1. The normalized spacial score (nSPS) is 18.7. The van der Waals surface area contributed by atoms with Crippen molar-refractivity contribution in [3.63, 3.8) is 0 Å². The highest BCUT2D eigenvalue weighted by Crippen LogP contribution is 2.28. The maximum absolute atomic E-state index is 12.5. The Morgan fingerprint density at radius 1 is 1.20 bits per heavy atom. The van der Waals surface area contributed by atoms with E-state index in [9.17, 15) is 4.79 Å². The fourth-order valence-corrected chi connectivity index (χ4v) is 3.38. The number of nitrogens with one attached hydrogen (secondary N) is 1. The van der Waals surface area contributed by atoms with Gasteiger partial charge in [-0.25, -0.2) is 0 Å². The van der Waals surface area contributed by atoms with Gasteiger partial charge >= 0.3 is 0 Å². The van der Waals surface area contributed by atoms with Crippen LogP contribution in [0.3, 0.4) is 0 Å². The molecule has 2 aromatic carbocycles. The molecule has 2 atom stereocenters. The minimum absolute atomic E-state index is 0.0875. The van der Waals surface area contributed by atoms with Crippen LogP contribution >= 0.6 is 0 Å². The van der Waals surface area contributed by atoms with Gasteiger partial charge in [0, 0.05) is 13.1 Å². The number of carbonyl (C=O) groups excluding carboxylic acids is 1. The van der Waals surface area contributed by atoms with Gasteiger partial charge in [0.1, 0.15) is 5.75 Å². The van der Waals surface area contributed by atoms with Gasteiger partial charge < -0.3 is 10.1 Å². The number of amides is 1. The van der Waals surface area contributed by atoms with Crippen LogP contribution in [0, 0.1) is 0 Å². The quantitative estimate of drug-likeness (QED) is 0.879. The number of rotatable bonds is 6. The molecule has 2 aromatic rings. The number of methoxy groups -OCH3 is 1. The van der Waals surface area contributed by atoms with Crippen LogP contribution in [-0.2, 0) is 11.3 Å². The lowest BCUT2D eigenvalue weighted by atomic mass is 9.99. The molecule has 0 radical (unpaired) electrons. The van der Waals surface area contributed by atoms with Gasteiger partial charge in [-0.15, -0.1) is 0 Å². The summed E-state index contributed by atoms with van der Waals surface area (Å²) < 4.78 is 5.15. The Labute approximate surface area is 149 Å². The molecule has 0 spiro atoms. The van der Waals surface area contributed by atoms with E-state index in [2.05, 4.69) is 34.5 Å². The molecule has 1 saturated heterocycles. The molecule has 4 nitrogen and oxygen atoms in total. The zero-order valence-corrected chi connectivity index (χ0v) is 14.9. The van der Waals surface area contributed by atoms with E-state index in [1.807, 2.05) is 37.3 Å². The second kappa shape index (κ2) is 8.17. The SMILES string of the molecule is COc1ccc(CNC(=O)[C@@H](C)N2CC[C@@H](c3ccccc3)C2)cc1. The summed E-state index contributed by atoms with van der Waals surface area (Å²) in [6.07, 6.45) is 1.11. The lowest BCUT2D eigenvalue weighted by Crippen LogP contribution is -2.43. The van der Waals surface area contributed by atoms with Gasteiger partial charge in [0.2, 0.25) is 5.91 Å². The molecule has 0 unspecified atom stereocenters. The van der Waals surface area contributed by atoms with Crippen molar-refractivity contribution in [3.05, 3.63) is 65.7 Å². The Bertz CT molecular complexity index is 685. The molecular formula is C21H26N2O2. The summed E-state index contributed by atoms with van der Waals surface area (Å²) in [5, 5.41) is 3.05. The summed E-state index contributed by atoms with van der Waals surface area (Å²) in [6, 6.07) is 18.3. The van der Waals surface area contributed by atoms with Crippen molar-refractivity contribution in [2.45, 2.75) is 31.8 Å². The number of hydrogen-bond acceptors (Lipinski definition) is 3. The van der Waals surface area contributed by atoms with Gasteiger partial charge in [-0.1, -0.05) is 42.5 Å². The van der Waals surface area contributed by atoms with E-state index in [0.29, 0.717) is 12.5 Å². The van der Waals surface area contributed by atoms with Gasteiger partial charge in [0.15, 0.2) is 0 Å². The van der Waals surface area contributed by atoms with Crippen molar-refractivity contribution >= 4 is 5.91 Å². The van der Waals surface area contributed by atoms with Crippen molar-refractivity contribution in [2.75, 3.05) is 20.2 Å². The summed E-state index contributed by atoms with van der Waals surface area (Å²) in [5.41, 5.74) is 2.45. The number of nitrogens with zero attached hydrogens (tertiary/aromatic N) is 1. The van der Waals surface area contributed by atoms with E-state index in [4.69, 9.17) is 4.74 Å². The molecular weight excluding hydrogens is 312 g/mol. The largest absolute Gasteiger partial charge is 0.497 e. The molecule has 1 aliphatic heterocycles. The van der Waals surface area contributed by atoms with Crippen LogP contribution in [0.1, 0.15) is 30.4 Å². The lowest BCUT2D eigenvalue weighted by Gasteiger charge is -2.23. The summed E-state index contributed by atoms with van der Waals surface area (Å²) in [6.45, 7) is 4.46. The monoisotopic (exact) mass is 338 g/mol. The molecule has 1 amide bonds. The predicted octanol–water partition coefficient (Wildman–Crippen LogP) is 3.19. The van der Waals surface area contributed by atoms with E-state index in [0.717, 1.165) is 30.8 Å². The molecule has 1 fully saturated rings. The molecule has 0 bridgehead atoms. The second-order valence-electron chi connectivity index (χ2n) is 6.63. The van der Waals surface area contributed by atoms with E-state index >= 15 is 0 Å². The minimum atomic E-state index is -0.105. The zero-order chi connectivity index (χ0) is 17.6. The third-order valence-corrected chi connectivity index (χ3v) is 5.04. The second-order valence-corrected chi connectivity index (χ2v) is 6.63. The van der Waals surface area contributed by atoms with Crippen LogP contribution in [0.15, 0.2) is 54.6 Å². The first-order valence-electron chi connectivity index (χ1n) is 8.87. The fraction of sp³-hybridized carbons (Fsp3) is 0.381. The third kappa shape index (κ3) is 4.40. The van der Waals surface area contributed by atoms with Gasteiger partial charge in [-0.2, -0.15) is 0 Å². The number of benzene rings is 2. The van der Waals surface area contributed by atoms with E-state index in [-0.39, 0.29) is 11.9 Å². The van der Waals surface area contributed by atoms with Gasteiger partial charge in [-0.3, -0.25) is 9.69 Å². The highest BCUT2D eigenvalue weighted by Gasteiger charge is 2.30. The minimum Gasteiger partial charge on any atom is -0.497 e. The van der Waals surface area contributed by atoms with Crippen molar-refractivity contribution in [1.82, 2.24) is 10.2 Å². The van der Waals surface area contributed by atoms with Crippen molar-refractivity contribution in [1.29, 1.82) is 0 Å². The third-order valence-electron chi connectivity index (χ3n) is 5.04. The summed E-state index contributed by atoms with van der Waals surface area (Å²) >= 11 is 0. The Morgan fingerprint density at radius 3 is 2.60 bits per heavy atom. The smallest absolute Gasteiger partial charge is 0.237 e. The van der Waals surface area contributed by atoms with Crippen LogP contribution in [0.4, 0.5) is 0 Å². The molecule has 4 heteroatoms. The highest BCUT2D eigenvalue weighted by molar-refractivity contribution is 5.81. The molecule has 3 rings (SSSR count). The summed E-state index contributed by atoms with van der Waals surface area (Å²) in [5.74, 6) is 1.44. The molecule has 25 heavy (non-hydrogen) atoms. The maximum atomic E-state index is 12.5. The van der Waals surface area contributed by atoms with Crippen LogP contribution in [0.25, 0.3) is 0 Å². The highest BCUT2D eigenvalue weighted by atomic mass is 16.5. The topological polar surface area (TPSA) is 41.6 Å². The summed E-state index contributed by atoms with van der Waals surface area (Å²) in [4.78, 5) is 14.8. The van der Waals surface area contributed by atoms with Crippen LogP contribution in [-0.4, -0.2) is 37.0 Å². The molecule has 0 aromatic heterocycles. The first-order valence-corrected chi connectivity index (χ1v) is 8.87. The Morgan fingerprint density at radius 2 is 1.92 bits per heavy atom. The maximum Gasteiger partial charge on any atom is 0.237 e. The molecule has 0 saturated carbocycles. The van der Waals surface area contributed by atoms with Crippen LogP contribution in [0.5, 0.6) is 5.75 Å². The number of carbonyl (C=O) groups is 1. The number of hydrogen-bond donors (Lipinski definition) is 1. The summed E-state index contributed by atoms with van der Waals surface area (Å²) in [7, 11) is 1.65. The van der Waals surface area contributed by atoms with Crippen molar-refractivity contribution in [2.24, 2.45) is 0 Å². The molecule has 1 heterocycles. The average Bonchev–Trinajstić information content (AvgIpc) is 3.16. The number of ether oxygens (including phenoxy) is 1. The Balaban J connectivity index is 1.50. The average molecular weight is 338 g/mol. The van der Waals surface area contributed by atoms with Crippen LogP contribution in [0.2, 0.25) is 0 Å². The molecule has 1 aliphatic rings. The first kappa shape index (κ1) is 17.5. The zero-order valence-electron chi connectivity index (χ0n) is 14.9. The van der Waals surface area contributed by atoms with Gasteiger partial charge in [0.25, 0.3) is 0 Å². The first-order chi connectivity index (χ1) is 12.2. The van der Waals surface area contributed by atoms with Crippen LogP contribution < -0.4 is 10.1 Å².